The second-order valence-corrected chi connectivity index (χ2v) is 8.61. The third-order valence-electron chi connectivity index (χ3n) is 4.97. The number of esters is 1. The summed E-state index contributed by atoms with van der Waals surface area (Å²) in [4.78, 5) is 20.5. The van der Waals surface area contributed by atoms with Gasteiger partial charge in [0.25, 0.3) is 0 Å². The lowest BCUT2D eigenvalue weighted by molar-refractivity contribution is -0.156. The van der Waals surface area contributed by atoms with E-state index in [1.165, 1.54) is 12.1 Å². The van der Waals surface area contributed by atoms with Gasteiger partial charge >= 0.3 is 12.1 Å². The lowest BCUT2D eigenvalue weighted by Gasteiger charge is -2.36. The molecule has 31 heavy (non-hydrogen) atoms. The lowest BCUT2D eigenvalue weighted by atomic mass is 10.1. The van der Waals surface area contributed by atoms with E-state index in [2.05, 4.69) is 15.0 Å². The number of alkyl halides is 3. The first kappa shape index (κ1) is 23.2. The van der Waals surface area contributed by atoms with Gasteiger partial charge in [-0.05, 0) is 39.8 Å². The molecule has 1 aromatic heterocycles. The fraction of sp³-hybridized carbons (Fsp3) is 0.571. The summed E-state index contributed by atoms with van der Waals surface area (Å²) in [6.07, 6.45) is -4.44. The Morgan fingerprint density at radius 1 is 1.19 bits per heavy atom. The molecule has 0 aliphatic carbocycles. The summed E-state index contributed by atoms with van der Waals surface area (Å²) < 4.78 is 49.5. The van der Waals surface area contributed by atoms with E-state index in [-0.39, 0.29) is 29.9 Å². The SMILES string of the molecule is CC(c1nc(-c2cccc(C(F)(F)F)c2)no1)N1CCN(CC(=O)OC(C)(C)C)CC1. The van der Waals surface area contributed by atoms with Crippen LogP contribution >= 0.6 is 0 Å². The van der Waals surface area contributed by atoms with Crippen molar-refractivity contribution in [3.8, 4) is 11.4 Å². The van der Waals surface area contributed by atoms with Crippen molar-refractivity contribution in [1.29, 1.82) is 0 Å². The standard InChI is InChI=1S/C21H27F3N4O3/c1-14(28-10-8-27(9-11-28)13-17(29)30-20(2,3)4)19-25-18(26-31-19)15-6-5-7-16(12-15)21(22,23)24/h5-7,12,14H,8-11,13H2,1-4H3. The minimum absolute atomic E-state index is 0.122. The third kappa shape index (κ3) is 6.27. The Labute approximate surface area is 179 Å². The predicted molar refractivity (Wildman–Crippen MR) is 107 cm³/mol. The molecule has 1 atom stereocenters. The monoisotopic (exact) mass is 440 g/mol. The number of ether oxygens (including phenoxy) is 1. The van der Waals surface area contributed by atoms with Crippen molar-refractivity contribution in [2.45, 2.75) is 45.5 Å². The van der Waals surface area contributed by atoms with Gasteiger partial charge in [0.15, 0.2) is 0 Å². The average Bonchev–Trinajstić information content (AvgIpc) is 3.16. The molecule has 0 N–H and O–H groups in total. The van der Waals surface area contributed by atoms with Crippen molar-refractivity contribution < 1.29 is 27.2 Å². The molecule has 1 fully saturated rings. The molecule has 1 unspecified atom stereocenters. The fourth-order valence-corrected chi connectivity index (χ4v) is 3.38. The van der Waals surface area contributed by atoms with E-state index in [0.29, 0.717) is 32.1 Å². The third-order valence-corrected chi connectivity index (χ3v) is 4.97. The largest absolute Gasteiger partial charge is 0.459 e. The number of carbonyl (C=O) groups excluding carboxylic acids is 1. The maximum Gasteiger partial charge on any atom is 0.416 e. The Hall–Kier alpha value is -2.46. The minimum atomic E-state index is -4.44. The Morgan fingerprint density at radius 3 is 2.48 bits per heavy atom. The highest BCUT2D eigenvalue weighted by atomic mass is 19.4. The van der Waals surface area contributed by atoms with Gasteiger partial charge in [0.2, 0.25) is 11.7 Å². The first-order chi connectivity index (χ1) is 14.4. The van der Waals surface area contributed by atoms with Crippen molar-refractivity contribution >= 4 is 5.97 Å². The van der Waals surface area contributed by atoms with Gasteiger partial charge < -0.3 is 9.26 Å². The highest BCUT2D eigenvalue weighted by Gasteiger charge is 2.31. The van der Waals surface area contributed by atoms with Crippen LogP contribution in [0.2, 0.25) is 0 Å². The van der Waals surface area contributed by atoms with Crippen molar-refractivity contribution in [2.75, 3.05) is 32.7 Å². The van der Waals surface area contributed by atoms with Gasteiger partial charge in [0.1, 0.15) is 5.60 Å². The van der Waals surface area contributed by atoms with Gasteiger partial charge in [-0.1, -0.05) is 17.3 Å². The second-order valence-electron chi connectivity index (χ2n) is 8.61. The molecule has 0 radical (unpaired) electrons. The van der Waals surface area contributed by atoms with E-state index in [0.717, 1.165) is 12.1 Å². The van der Waals surface area contributed by atoms with Crippen molar-refractivity contribution in [3.63, 3.8) is 0 Å². The molecule has 1 aliphatic rings. The number of rotatable bonds is 5. The van der Waals surface area contributed by atoms with Crippen LogP contribution in [0, 0.1) is 0 Å². The van der Waals surface area contributed by atoms with Gasteiger partial charge in [0, 0.05) is 31.7 Å². The lowest BCUT2D eigenvalue weighted by Crippen LogP contribution is -2.49. The summed E-state index contributed by atoms with van der Waals surface area (Å²) in [5.41, 5.74) is -1.02. The fourth-order valence-electron chi connectivity index (χ4n) is 3.38. The molecule has 0 amide bonds. The molecule has 1 aliphatic heterocycles. The quantitative estimate of drug-likeness (QED) is 0.656. The molecule has 0 bridgehead atoms. The topological polar surface area (TPSA) is 71.7 Å². The van der Waals surface area contributed by atoms with Crippen LogP contribution in [0.25, 0.3) is 11.4 Å². The number of hydrogen-bond acceptors (Lipinski definition) is 7. The van der Waals surface area contributed by atoms with E-state index in [1.54, 1.807) is 0 Å². The molecule has 3 rings (SSSR count). The Morgan fingerprint density at radius 2 is 1.87 bits per heavy atom. The van der Waals surface area contributed by atoms with E-state index < -0.39 is 17.3 Å². The smallest absolute Gasteiger partial charge is 0.416 e. The van der Waals surface area contributed by atoms with Crippen LogP contribution in [0.4, 0.5) is 13.2 Å². The molecule has 2 aromatic rings. The number of piperazine rings is 1. The van der Waals surface area contributed by atoms with E-state index in [1.807, 2.05) is 32.6 Å². The summed E-state index contributed by atoms with van der Waals surface area (Å²) in [7, 11) is 0. The van der Waals surface area contributed by atoms with Crippen LogP contribution in [0.15, 0.2) is 28.8 Å². The Balaban J connectivity index is 1.58. The number of hydrogen-bond donors (Lipinski definition) is 0. The van der Waals surface area contributed by atoms with Crippen LogP contribution in [-0.2, 0) is 15.7 Å². The van der Waals surface area contributed by atoms with Crippen molar-refractivity contribution in [3.05, 3.63) is 35.7 Å². The number of nitrogens with zero attached hydrogens (tertiary/aromatic N) is 4. The molecule has 170 valence electrons. The van der Waals surface area contributed by atoms with Gasteiger partial charge in [-0.2, -0.15) is 18.2 Å². The average molecular weight is 440 g/mol. The Bertz CT molecular complexity index is 900. The van der Waals surface area contributed by atoms with Crippen LogP contribution in [0.5, 0.6) is 0 Å². The molecule has 10 heteroatoms. The summed E-state index contributed by atoms with van der Waals surface area (Å²) in [5.74, 6) is 0.209. The molecular weight excluding hydrogens is 413 g/mol. The van der Waals surface area contributed by atoms with Crippen LogP contribution in [-0.4, -0.2) is 64.2 Å². The molecular formula is C21H27F3N4O3. The Kier molecular flexibility index (Phi) is 6.70. The number of carbonyl (C=O) groups is 1. The zero-order valence-corrected chi connectivity index (χ0v) is 18.1. The maximum atomic E-state index is 12.9. The summed E-state index contributed by atoms with van der Waals surface area (Å²) in [5, 5.41) is 3.86. The second kappa shape index (κ2) is 8.96. The normalized spacial score (nSPS) is 17.5. The highest BCUT2D eigenvalue weighted by Crippen LogP contribution is 2.32. The van der Waals surface area contributed by atoms with E-state index in [4.69, 9.17) is 9.26 Å². The molecule has 0 saturated carbocycles. The van der Waals surface area contributed by atoms with E-state index in [9.17, 15) is 18.0 Å². The highest BCUT2D eigenvalue weighted by molar-refractivity contribution is 5.72. The van der Waals surface area contributed by atoms with Gasteiger partial charge in [-0.3, -0.25) is 14.6 Å². The van der Waals surface area contributed by atoms with Gasteiger partial charge in [-0.15, -0.1) is 0 Å². The zero-order valence-electron chi connectivity index (χ0n) is 18.1. The summed E-state index contributed by atoms with van der Waals surface area (Å²) in [6, 6.07) is 4.65. The first-order valence-electron chi connectivity index (χ1n) is 10.1. The van der Waals surface area contributed by atoms with Crippen LogP contribution in [0.3, 0.4) is 0 Å². The molecule has 2 heterocycles. The summed E-state index contributed by atoms with van der Waals surface area (Å²) in [6.45, 7) is 10.4. The molecule has 1 saturated heterocycles. The van der Waals surface area contributed by atoms with Crippen LogP contribution in [0.1, 0.15) is 45.2 Å². The number of aromatic nitrogens is 2. The van der Waals surface area contributed by atoms with Gasteiger partial charge in [0.05, 0.1) is 18.2 Å². The zero-order chi connectivity index (χ0) is 22.8. The molecule has 1 aromatic carbocycles. The summed E-state index contributed by atoms with van der Waals surface area (Å²) >= 11 is 0. The predicted octanol–water partition coefficient (Wildman–Crippen LogP) is 3.78. The molecule has 0 spiro atoms. The minimum Gasteiger partial charge on any atom is -0.459 e. The number of benzene rings is 1. The maximum absolute atomic E-state index is 12.9. The van der Waals surface area contributed by atoms with Crippen molar-refractivity contribution in [1.82, 2.24) is 19.9 Å². The molecule has 7 nitrogen and oxygen atoms in total. The first-order valence-corrected chi connectivity index (χ1v) is 10.1. The number of halogens is 3. The van der Waals surface area contributed by atoms with Crippen LogP contribution < -0.4 is 0 Å². The van der Waals surface area contributed by atoms with E-state index >= 15 is 0 Å². The van der Waals surface area contributed by atoms with Crippen molar-refractivity contribution in [2.24, 2.45) is 0 Å². The van der Waals surface area contributed by atoms with Gasteiger partial charge in [-0.25, -0.2) is 0 Å².